The van der Waals surface area contributed by atoms with E-state index < -0.39 is 36.4 Å². The molecule has 0 bridgehead atoms. The van der Waals surface area contributed by atoms with Crippen molar-refractivity contribution in [2.75, 3.05) is 7.11 Å². The number of amides is 1. The average molecular weight is 281 g/mol. The first kappa shape index (κ1) is 15.6. The Labute approximate surface area is 115 Å². The number of carboxylic acids is 1. The van der Waals surface area contributed by atoms with Gasteiger partial charge in [-0.25, -0.2) is 4.79 Å². The minimum atomic E-state index is -1.50. The van der Waals surface area contributed by atoms with Crippen molar-refractivity contribution in [2.24, 2.45) is 0 Å². The molecule has 1 aromatic carbocycles. The summed E-state index contributed by atoms with van der Waals surface area (Å²) in [6, 6.07) is 6.59. The summed E-state index contributed by atoms with van der Waals surface area (Å²) in [6.45, 7) is 0. The topological polar surface area (TPSA) is 113 Å². The van der Waals surface area contributed by atoms with Gasteiger partial charge in [0.2, 0.25) is 0 Å². The normalized spacial score (nSPS) is 13.1. The van der Waals surface area contributed by atoms with E-state index in [-0.39, 0.29) is 0 Å². The molecular weight excluding hydrogens is 266 g/mol. The van der Waals surface area contributed by atoms with Gasteiger partial charge in [0.1, 0.15) is 6.04 Å². The van der Waals surface area contributed by atoms with E-state index in [1.165, 1.54) is 12.1 Å². The molecule has 3 N–H and O–H groups in total. The van der Waals surface area contributed by atoms with Crippen molar-refractivity contribution in [1.29, 1.82) is 0 Å². The highest BCUT2D eigenvalue weighted by atomic mass is 16.5. The van der Waals surface area contributed by atoms with Gasteiger partial charge in [0.05, 0.1) is 13.5 Å². The number of esters is 1. The Hall–Kier alpha value is -2.41. The van der Waals surface area contributed by atoms with E-state index in [0.29, 0.717) is 5.56 Å². The number of ether oxygens (including phenoxy) is 1. The minimum Gasteiger partial charge on any atom is -0.480 e. The molecule has 1 rings (SSSR count). The van der Waals surface area contributed by atoms with Crippen LogP contribution in [0.5, 0.6) is 0 Å². The first-order valence-electron chi connectivity index (χ1n) is 5.78. The molecular formula is C13H15NO6. The molecule has 0 aliphatic carbocycles. The monoisotopic (exact) mass is 281 g/mol. The van der Waals surface area contributed by atoms with Crippen LogP contribution in [0.25, 0.3) is 0 Å². The highest BCUT2D eigenvalue weighted by molar-refractivity contribution is 5.89. The van der Waals surface area contributed by atoms with Crippen molar-refractivity contribution in [3.63, 3.8) is 0 Å². The first-order valence-corrected chi connectivity index (χ1v) is 5.78. The number of methoxy groups -OCH3 is 1. The smallest absolute Gasteiger partial charge is 0.326 e. The molecule has 1 unspecified atom stereocenters. The van der Waals surface area contributed by atoms with E-state index in [9.17, 15) is 19.5 Å². The summed E-state index contributed by atoms with van der Waals surface area (Å²) in [4.78, 5) is 33.7. The number of hydrogen-bond donors (Lipinski definition) is 3. The zero-order valence-electron chi connectivity index (χ0n) is 10.8. The lowest BCUT2D eigenvalue weighted by Crippen LogP contribution is -2.44. The third-order valence-corrected chi connectivity index (χ3v) is 2.58. The molecule has 0 fully saturated rings. The summed E-state index contributed by atoms with van der Waals surface area (Å²) < 4.78 is 4.34. The van der Waals surface area contributed by atoms with E-state index >= 15 is 0 Å². The molecule has 0 saturated heterocycles. The van der Waals surface area contributed by atoms with Crippen LogP contribution in [0.15, 0.2) is 30.3 Å². The maximum atomic E-state index is 11.8. The van der Waals surface area contributed by atoms with Crippen LogP contribution in [0.3, 0.4) is 0 Å². The molecule has 108 valence electrons. The number of carboxylic acid groups (broad SMARTS) is 1. The van der Waals surface area contributed by atoms with Crippen LogP contribution in [-0.4, -0.2) is 41.2 Å². The van der Waals surface area contributed by atoms with E-state index in [2.05, 4.69) is 10.1 Å². The highest BCUT2D eigenvalue weighted by Gasteiger charge is 2.27. The van der Waals surface area contributed by atoms with Crippen molar-refractivity contribution in [1.82, 2.24) is 5.32 Å². The van der Waals surface area contributed by atoms with Crippen LogP contribution < -0.4 is 5.32 Å². The van der Waals surface area contributed by atoms with Gasteiger partial charge in [-0.15, -0.1) is 0 Å². The Balaban J connectivity index is 2.71. The summed E-state index contributed by atoms with van der Waals surface area (Å²) in [5.74, 6) is -3.05. The van der Waals surface area contributed by atoms with Gasteiger partial charge in [0, 0.05) is 0 Å². The summed E-state index contributed by atoms with van der Waals surface area (Å²) in [7, 11) is 1.11. The molecule has 0 aliphatic heterocycles. The molecule has 20 heavy (non-hydrogen) atoms. The second-order valence-electron chi connectivity index (χ2n) is 3.99. The Morgan fingerprint density at radius 3 is 2.35 bits per heavy atom. The standard InChI is InChI=1S/C13H15NO6/c1-20-10(15)7-9(13(18)19)14-12(17)11(16)8-5-3-2-4-6-8/h2-6,9,11,16H,7H2,1H3,(H,14,17)(H,18,19)/t9-,11?/m0/s1. The lowest BCUT2D eigenvalue weighted by molar-refractivity contribution is -0.149. The van der Waals surface area contributed by atoms with Crippen molar-refractivity contribution < 1.29 is 29.3 Å². The van der Waals surface area contributed by atoms with Crippen LogP contribution in [0.4, 0.5) is 0 Å². The Bertz CT molecular complexity index is 487. The fourth-order valence-electron chi connectivity index (χ4n) is 1.49. The number of carbonyl (C=O) groups excluding carboxylic acids is 2. The first-order chi connectivity index (χ1) is 9.45. The number of nitrogens with one attached hydrogen (secondary N) is 1. The minimum absolute atomic E-state index is 0.326. The van der Waals surface area contributed by atoms with Crippen LogP contribution in [-0.2, 0) is 19.1 Å². The molecule has 0 radical (unpaired) electrons. The van der Waals surface area contributed by atoms with Gasteiger partial charge in [-0.1, -0.05) is 30.3 Å². The summed E-state index contributed by atoms with van der Waals surface area (Å²) in [6.07, 6.45) is -2.02. The predicted octanol–water partition coefficient (Wildman–Crippen LogP) is -0.148. The lowest BCUT2D eigenvalue weighted by Gasteiger charge is -2.16. The highest BCUT2D eigenvalue weighted by Crippen LogP contribution is 2.12. The van der Waals surface area contributed by atoms with Crippen LogP contribution >= 0.6 is 0 Å². The predicted molar refractivity (Wildman–Crippen MR) is 67.6 cm³/mol. The van der Waals surface area contributed by atoms with Crippen molar-refractivity contribution in [3.05, 3.63) is 35.9 Å². The van der Waals surface area contributed by atoms with Crippen molar-refractivity contribution >= 4 is 17.8 Å². The number of benzene rings is 1. The summed E-state index contributed by atoms with van der Waals surface area (Å²) >= 11 is 0. The number of aliphatic hydroxyl groups is 1. The maximum absolute atomic E-state index is 11.8. The molecule has 0 saturated carbocycles. The van der Waals surface area contributed by atoms with Crippen LogP contribution in [0, 0.1) is 0 Å². The largest absolute Gasteiger partial charge is 0.480 e. The Kier molecular flexibility index (Phi) is 5.67. The number of carbonyl (C=O) groups is 3. The number of rotatable bonds is 6. The van der Waals surface area contributed by atoms with E-state index in [1.54, 1.807) is 18.2 Å². The second-order valence-corrected chi connectivity index (χ2v) is 3.99. The van der Waals surface area contributed by atoms with Gasteiger partial charge in [-0.05, 0) is 5.56 Å². The fourth-order valence-corrected chi connectivity index (χ4v) is 1.49. The Morgan fingerprint density at radius 1 is 1.25 bits per heavy atom. The van der Waals surface area contributed by atoms with Crippen molar-refractivity contribution in [3.8, 4) is 0 Å². The van der Waals surface area contributed by atoms with Crippen LogP contribution in [0.2, 0.25) is 0 Å². The lowest BCUT2D eigenvalue weighted by atomic mass is 10.1. The van der Waals surface area contributed by atoms with Gasteiger partial charge in [0.15, 0.2) is 6.10 Å². The van der Waals surface area contributed by atoms with Gasteiger partial charge in [0.25, 0.3) is 5.91 Å². The second kappa shape index (κ2) is 7.25. The molecule has 0 aromatic heterocycles. The quantitative estimate of drug-likeness (QED) is 0.625. The average Bonchev–Trinajstić information content (AvgIpc) is 2.46. The van der Waals surface area contributed by atoms with Gasteiger partial charge >= 0.3 is 11.9 Å². The molecule has 2 atom stereocenters. The van der Waals surface area contributed by atoms with Gasteiger partial charge in [-0.3, -0.25) is 9.59 Å². The molecule has 0 aliphatic rings. The molecule has 7 heteroatoms. The fraction of sp³-hybridized carbons (Fsp3) is 0.308. The van der Waals surface area contributed by atoms with E-state index in [0.717, 1.165) is 7.11 Å². The molecule has 0 spiro atoms. The number of hydrogen-bond acceptors (Lipinski definition) is 5. The third kappa shape index (κ3) is 4.36. The maximum Gasteiger partial charge on any atom is 0.326 e. The van der Waals surface area contributed by atoms with Gasteiger partial charge in [-0.2, -0.15) is 0 Å². The summed E-state index contributed by atoms with van der Waals surface area (Å²) in [5, 5.41) is 20.8. The van der Waals surface area contributed by atoms with Gasteiger partial charge < -0.3 is 20.3 Å². The van der Waals surface area contributed by atoms with E-state index in [1.807, 2.05) is 0 Å². The molecule has 1 aromatic rings. The Morgan fingerprint density at radius 2 is 1.85 bits per heavy atom. The number of aliphatic hydroxyl groups excluding tert-OH is 1. The number of aliphatic carboxylic acids is 1. The zero-order valence-corrected chi connectivity index (χ0v) is 10.8. The van der Waals surface area contributed by atoms with Crippen molar-refractivity contribution in [2.45, 2.75) is 18.6 Å². The third-order valence-electron chi connectivity index (χ3n) is 2.58. The molecule has 1 amide bonds. The molecule has 7 nitrogen and oxygen atoms in total. The van der Waals surface area contributed by atoms with E-state index in [4.69, 9.17) is 5.11 Å². The SMILES string of the molecule is COC(=O)C[C@H](NC(=O)C(O)c1ccccc1)C(=O)O. The summed E-state index contributed by atoms with van der Waals surface area (Å²) in [5.41, 5.74) is 0.326. The zero-order chi connectivity index (χ0) is 15.1. The molecule has 0 heterocycles. The van der Waals surface area contributed by atoms with Crippen LogP contribution in [0.1, 0.15) is 18.1 Å².